The summed E-state index contributed by atoms with van der Waals surface area (Å²) in [6.45, 7) is 8.57. The monoisotopic (exact) mass is 546 g/mol. The van der Waals surface area contributed by atoms with Crippen molar-refractivity contribution in [3.63, 3.8) is 0 Å². The first-order valence-electron chi connectivity index (χ1n) is 12.7. The lowest BCUT2D eigenvalue weighted by atomic mass is 10.0. The summed E-state index contributed by atoms with van der Waals surface area (Å²) in [4.78, 5) is 39.9. The second-order valence-electron chi connectivity index (χ2n) is 10.0. The number of anilines is 1. The van der Waals surface area contributed by atoms with Crippen LogP contribution in [0.25, 0.3) is 21.2 Å². The predicted octanol–water partition coefficient (Wildman–Crippen LogP) is 5.23. The molecule has 2 aromatic carbocycles. The number of hydrogen-bond acceptors (Lipinski definition) is 6. The van der Waals surface area contributed by atoms with E-state index in [-0.39, 0.29) is 17.4 Å². The highest BCUT2D eigenvalue weighted by molar-refractivity contribution is 7.21. The van der Waals surface area contributed by atoms with E-state index in [0.717, 1.165) is 44.0 Å². The second-order valence-corrected chi connectivity index (χ2v) is 11.1. The Kier molecular flexibility index (Phi) is 8.22. The molecule has 0 atom stereocenters. The number of aryl methyl sites for hydroxylation is 4. The number of fused-ring (bicyclic) bond motifs is 1. The first-order chi connectivity index (χ1) is 18.5. The maximum Gasteiger partial charge on any atom is 0.261 e. The summed E-state index contributed by atoms with van der Waals surface area (Å²) >= 11 is 1.32. The van der Waals surface area contributed by atoms with Crippen molar-refractivity contribution in [2.75, 3.05) is 32.5 Å². The van der Waals surface area contributed by atoms with Gasteiger partial charge in [-0.1, -0.05) is 6.07 Å². The molecule has 2 amide bonds. The fourth-order valence-electron chi connectivity index (χ4n) is 4.57. The molecule has 4 aromatic rings. The summed E-state index contributed by atoms with van der Waals surface area (Å²) in [7, 11) is 5.42. The fourth-order valence-corrected chi connectivity index (χ4v) is 5.67. The molecule has 9 heteroatoms. The average Bonchev–Trinajstić information content (AvgIpc) is 3.29. The molecule has 0 spiro atoms. The van der Waals surface area contributed by atoms with Gasteiger partial charge in [0.25, 0.3) is 11.5 Å². The van der Waals surface area contributed by atoms with Crippen LogP contribution in [0.4, 0.5) is 5.69 Å². The number of rotatable bonds is 8. The number of nitrogens with zero attached hydrogens (tertiary/aromatic N) is 2. The van der Waals surface area contributed by atoms with Crippen molar-refractivity contribution in [1.29, 1.82) is 0 Å². The van der Waals surface area contributed by atoms with Gasteiger partial charge in [0.2, 0.25) is 5.91 Å². The van der Waals surface area contributed by atoms with Gasteiger partial charge in [0.15, 0.2) is 0 Å². The number of carbonyl (C=O) groups excluding carboxylic acids is 2. The summed E-state index contributed by atoms with van der Waals surface area (Å²) in [5.41, 5.74) is 5.11. The van der Waals surface area contributed by atoms with E-state index in [9.17, 15) is 14.4 Å². The molecule has 204 valence electrons. The van der Waals surface area contributed by atoms with Crippen molar-refractivity contribution < 1.29 is 14.3 Å². The quantitative estimate of drug-likeness (QED) is 0.316. The van der Waals surface area contributed by atoms with Gasteiger partial charge in [-0.05, 0) is 94.4 Å². The molecule has 0 unspecified atom stereocenters. The number of likely N-dealkylation sites (N-methyl/N-ethyl adjacent to an activating group) is 1. The predicted molar refractivity (Wildman–Crippen MR) is 158 cm³/mol. The summed E-state index contributed by atoms with van der Waals surface area (Å²) in [5.74, 6) is 1.11. The highest BCUT2D eigenvalue weighted by atomic mass is 32.1. The van der Waals surface area contributed by atoms with Crippen molar-refractivity contribution in [1.82, 2.24) is 14.8 Å². The standard InChI is InChI=1S/C30H34N4O4S/c1-8-31-29(36)25-14-23-28(39-25)24(15-34(7)30(23)37)20-9-17(2)10-22(13-20)38-27-18(3)11-21(12-19(27)4)32-26(35)16-33(5)6/h9-15H,8,16H2,1-7H3,(H,31,36)(H,32,35). The minimum Gasteiger partial charge on any atom is -0.457 e. The van der Waals surface area contributed by atoms with Gasteiger partial charge < -0.3 is 24.8 Å². The summed E-state index contributed by atoms with van der Waals surface area (Å²) in [6, 6.07) is 11.4. The number of amides is 2. The Morgan fingerprint density at radius 1 is 1.03 bits per heavy atom. The van der Waals surface area contributed by atoms with Crippen LogP contribution < -0.4 is 20.9 Å². The van der Waals surface area contributed by atoms with E-state index in [2.05, 4.69) is 10.6 Å². The van der Waals surface area contributed by atoms with E-state index >= 15 is 0 Å². The minimum atomic E-state index is -0.188. The first kappa shape index (κ1) is 28.1. The van der Waals surface area contributed by atoms with Gasteiger partial charge in [0, 0.05) is 35.7 Å². The van der Waals surface area contributed by atoms with Gasteiger partial charge in [-0.25, -0.2) is 0 Å². The number of pyridine rings is 1. The minimum absolute atomic E-state index is 0.0803. The molecule has 8 nitrogen and oxygen atoms in total. The topological polar surface area (TPSA) is 92.7 Å². The van der Waals surface area contributed by atoms with Crippen molar-refractivity contribution in [2.45, 2.75) is 27.7 Å². The van der Waals surface area contributed by atoms with E-state index < -0.39 is 0 Å². The SMILES string of the molecule is CCNC(=O)c1cc2c(=O)n(C)cc(-c3cc(C)cc(Oc4c(C)cc(NC(=O)CN(C)C)cc4C)c3)c2s1. The Labute approximate surface area is 232 Å². The van der Waals surface area contributed by atoms with E-state index in [1.165, 1.54) is 11.3 Å². The molecule has 2 aromatic heterocycles. The molecule has 0 fully saturated rings. The number of hydrogen-bond donors (Lipinski definition) is 2. The Balaban J connectivity index is 1.72. The lowest BCUT2D eigenvalue weighted by Gasteiger charge is -2.16. The molecule has 0 aliphatic rings. The van der Waals surface area contributed by atoms with Crippen LogP contribution in [0.5, 0.6) is 11.5 Å². The van der Waals surface area contributed by atoms with Crippen LogP contribution >= 0.6 is 11.3 Å². The molecule has 2 N–H and O–H groups in total. The average molecular weight is 547 g/mol. The summed E-state index contributed by atoms with van der Waals surface area (Å²) in [5, 5.41) is 6.27. The third-order valence-electron chi connectivity index (χ3n) is 6.20. The third-order valence-corrected chi connectivity index (χ3v) is 7.36. The second kappa shape index (κ2) is 11.4. The largest absolute Gasteiger partial charge is 0.457 e. The van der Waals surface area contributed by atoms with E-state index in [4.69, 9.17) is 4.74 Å². The summed E-state index contributed by atoms with van der Waals surface area (Å²) < 4.78 is 8.71. The third kappa shape index (κ3) is 6.21. The van der Waals surface area contributed by atoms with Gasteiger partial charge in [-0.3, -0.25) is 14.4 Å². The molecule has 2 heterocycles. The Morgan fingerprint density at radius 2 is 1.72 bits per heavy atom. The van der Waals surface area contributed by atoms with Gasteiger partial charge in [-0.2, -0.15) is 0 Å². The molecule has 4 rings (SSSR count). The van der Waals surface area contributed by atoms with Crippen LogP contribution in [0, 0.1) is 20.8 Å². The number of thiophene rings is 1. The summed E-state index contributed by atoms with van der Waals surface area (Å²) in [6.07, 6.45) is 1.81. The number of benzene rings is 2. The molecule has 0 aliphatic heterocycles. The van der Waals surface area contributed by atoms with Gasteiger partial charge in [-0.15, -0.1) is 11.3 Å². The van der Waals surface area contributed by atoms with Crippen molar-refractivity contribution >= 4 is 38.9 Å². The first-order valence-corrected chi connectivity index (χ1v) is 13.6. The number of nitrogens with one attached hydrogen (secondary N) is 2. The van der Waals surface area contributed by atoms with Crippen LogP contribution in [-0.2, 0) is 11.8 Å². The molecule has 0 saturated heterocycles. The number of ether oxygens (including phenoxy) is 1. The van der Waals surface area contributed by atoms with Crippen LogP contribution in [0.15, 0.2) is 47.4 Å². The molecular formula is C30H34N4O4S. The molecule has 0 aliphatic carbocycles. The Morgan fingerprint density at radius 3 is 2.36 bits per heavy atom. The van der Waals surface area contributed by atoms with Crippen LogP contribution in [0.2, 0.25) is 0 Å². The van der Waals surface area contributed by atoms with E-state index in [1.807, 2.05) is 83.2 Å². The Hall–Kier alpha value is -3.95. The van der Waals surface area contributed by atoms with E-state index in [0.29, 0.717) is 29.1 Å². The van der Waals surface area contributed by atoms with Gasteiger partial charge in [0.05, 0.1) is 16.8 Å². The molecule has 0 bridgehead atoms. The molecule has 0 radical (unpaired) electrons. The van der Waals surface area contributed by atoms with Gasteiger partial charge >= 0.3 is 0 Å². The zero-order valence-corrected chi connectivity index (χ0v) is 24.2. The molecular weight excluding hydrogens is 512 g/mol. The van der Waals surface area contributed by atoms with E-state index in [1.54, 1.807) is 17.7 Å². The number of carbonyl (C=O) groups is 2. The molecule has 39 heavy (non-hydrogen) atoms. The Bertz CT molecular complexity index is 1610. The highest BCUT2D eigenvalue weighted by Crippen LogP contribution is 2.37. The lowest BCUT2D eigenvalue weighted by Crippen LogP contribution is -2.27. The van der Waals surface area contributed by atoms with Crippen molar-refractivity contribution in [2.24, 2.45) is 7.05 Å². The number of aromatic nitrogens is 1. The van der Waals surface area contributed by atoms with Crippen LogP contribution in [0.3, 0.4) is 0 Å². The maximum absolute atomic E-state index is 12.9. The van der Waals surface area contributed by atoms with Crippen LogP contribution in [0.1, 0.15) is 33.3 Å². The highest BCUT2D eigenvalue weighted by Gasteiger charge is 2.18. The smallest absolute Gasteiger partial charge is 0.261 e. The normalized spacial score (nSPS) is 11.2. The fraction of sp³-hybridized carbons (Fsp3) is 0.300. The van der Waals surface area contributed by atoms with Crippen LogP contribution in [-0.4, -0.2) is 48.5 Å². The lowest BCUT2D eigenvalue weighted by molar-refractivity contribution is -0.116. The van der Waals surface area contributed by atoms with Crippen molar-refractivity contribution in [3.8, 4) is 22.6 Å². The van der Waals surface area contributed by atoms with Gasteiger partial charge in [0.1, 0.15) is 11.5 Å². The zero-order chi connectivity index (χ0) is 28.4. The zero-order valence-electron chi connectivity index (χ0n) is 23.4. The molecule has 0 saturated carbocycles. The maximum atomic E-state index is 12.9. The van der Waals surface area contributed by atoms with Crippen molar-refractivity contribution in [3.05, 3.63) is 74.5 Å².